The molecule has 160 valence electrons. The highest BCUT2D eigenvalue weighted by atomic mass is 19.1. The summed E-state index contributed by atoms with van der Waals surface area (Å²) >= 11 is 0. The predicted molar refractivity (Wildman–Crippen MR) is 108 cm³/mol. The first-order valence-electron chi connectivity index (χ1n) is 10.1. The van der Waals surface area contributed by atoms with E-state index in [1.165, 1.54) is 13.2 Å². The number of morpholine rings is 1. The third-order valence-electron chi connectivity index (χ3n) is 5.80. The van der Waals surface area contributed by atoms with Gasteiger partial charge in [0.05, 0.1) is 38.0 Å². The summed E-state index contributed by atoms with van der Waals surface area (Å²) in [5.74, 6) is -0.281. The molecule has 0 saturated carbocycles. The summed E-state index contributed by atoms with van der Waals surface area (Å²) in [5, 5.41) is 11.3. The molecule has 2 atom stereocenters. The molecule has 0 aromatic heterocycles. The first-order valence-corrected chi connectivity index (χ1v) is 10.1. The average molecular weight is 415 g/mol. The Bertz CT molecular complexity index is 876. The van der Waals surface area contributed by atoms with E-state index < -0.39 is 17.5 Å². The van der Waals surface area contributed by atoms with Crippen molar-refractivity contribution in [2.75, 3.05) is 20.3 Å². The number of fused-ring (bicyclic) bond motifs is 2. The summed E-state index contributed by atoms with van der Waals surface area (Å²) in [6, 6.07) is 13.7. The Morgan fingerprint density at radius 2 is 1.87 bits per heavy atom. The molecule has 4 rings (SSSR count). The molecule has 2 unspecified atom stereocenters. The van der Waals surface area contributed by atoms with E-state index in [9.17, 15) is 14.3 Å². The van der Waals surface area contributed by atoms with Crippen LogP contribution in [-0.4, -0.2) is 54.1 Å². The lowest BCUT2D eigenvalue weighted by molar-refractivity contribution is -0.132. The Kier molecular flexibility index (Phi) is 5.92. The van der Waals surface area contributed by atoms with Crippen molar-refractivity contribution in [2.45, 2.75) is 43.6 Å². The van der Waals surface area contributed by atoms with Crippen LogP contribution in [0.3, 0.4) is 0 Å². The first kappa shape index (κ1) is 20.6. The molecule has 2 saturated heterocycles. The van der Waals surface area contributed by atoms with Gasteiger partial charge in [0.15, 0.2) is 11.6 Å². The van der Waals surface area contributed by atoms with E-state index in [2.05, 4.69) is 0 Å². The number of piperidine rings is 1. The fraction of sp³-hybridized carbons (Fsp3) is 0.435. The topological polar surface area (TPSA) is 68.2 Å². The Morgan fingerprint density at radius 3 is 2.50 bits per heavy atom. The molecular formula is C23H26FNO5. The van der Waals surface area contributed by atoms with Gasteiger partial charge in [0.25, 0.3) is 0 Å². The number of hydrogen-bond donors (Lipinski definition) is 1. The molecule has 7 heteroatoms. The molecule has 2 bridgehead atoms. The van der Waals surface area contributed by atoms with Crippen LogP contribution in [0.15, 0.2) is 48.5 Å². The van der Waals surface area contributed by atoms with E-state index in [-0.39, 0.29) is 24.4 Å². The number of carbonyl (C=O) groups is 1. The minimum absolute atomic E-state index is 0.173. The quantitative estimate of drug-likeness (QED) is 0.812. The standard InChI is InChI=1S/C23H26FNO5/c1-28-21-8-7-17(9-20(21)24)10-23(27)11-18-14-29-15-19(12-23)25(18)22(26)30-13-16-5-3-2-4-6-16/h2-9,18-19,27H,10-15H2,1H3. The number of amides is 1. The van der Waals surface area contributed by atoms with Gasteiger partial charge < -0.3 is 19.3 Å². The predicted octanol–water partition coefficient (Wildman–Crippen LogP) is 3.31. The summed E-state index contributed by atoms with van der Waals surface area (Å²) in [7, 11) is 1.42. The summed E-state index contributed by atoms with van der Waals surface area (Å²) in [6.45, 7) is 0.887. The number of benzene rings is 2. The van der Waals surface area contributed by atoms with Crippen LogP contribution in [0.1, 0.15) is 24.0 Å². The van der Waals surface area contributed by atoms with E-state index in [1.54, 1.807) is 17.0 Å². The van der Waals surface area contributed by atoms with Crippen LogP contribution in [-0.2, 0) is 22.5 Å². The summed E-state index contributed by atoms with van der Waals surface area (Å²) in [4.78, 5) is 14.5. The highest BCUT2D eigenvalue weighted by Gasteiger charge is 2.48. The normalized spacial score (nSPS) is 25.6. The van der Waals surface area contributed by atoms with Crippen molar-refractivity contribution in [1.82, 2.24) is 4.90 Å². The Balaban J connectivity index is 1.43. The van der Waals surface area contributed by atoms with Crippen molar-refractivity contribution >= 4 is 6.09 Å². The van der Waals surface area contributed by atoms with Crippen LogP contribution in [0.5, 0.6) is 5.75 Å². The van der Waals surface area contributed by atoms with Gasteiger partial charge >= 0.3 is 6.09 Å². The van der Waals surface area contributed by atoms with Crippen molar-refractivity contribution in [3.8, 4) is 5.75 Å². The maximum Gasteiger partial charge on any atom is 0.410 e. The number of aliphatic hydroxyl groups is 1. The molecule has 6 nitrogen and oxygen atoms in total. The van der Waals surface area contributed by atoms with Crippen molar-refractivity contribution in [3.05, 3.63) is 65.5 Å². The molecule has 1 N–H and O–H groups in total. The second-order valence-corrected chi connectivity index (χ2v) is 8.07. The van der Waals surface area contributed by atoms with Gasteiger partial charge in [0, 0.05) is 6.42 Å². The highest BCUT2D eigenvalue weighted by Crippen LogP contribution is 2.37. The largest absolute Gasteiger partial charge is 0.494 e. The number of methoxy groups -OCH3 is 1. The second kappa shape index (κ2) is 8.62. The van der Waals surface area contributed by atoms with Gasteiger partial charge in [-0.15, -0.1) is 0 Å². The zero-order valence-electron chi connectivity index (χ0n) is 16.9. The summed E-state index contributed by atoms with van der Waals surface area (Å²) < 4.78 is 30.2. The van der Waals surface area contributed by atoms with E-state index >= 15 is 0 Å². The number of rotatable bonds is 5. The molecule has 30 heavy (non-hydrogen) atoms. The monoisotopic (exact) mass is 415 g/mol. The van der Waals surface area contributed by atoms with Crippen molar-refractivity contribution < 1.29 is 28.5 Å². The lowest BCUT2D eigenvalue weighted by Gasteiger charge is -2.51. The molecule has 2 fully saturated rings. The van der Waals surface area contributed by atoms with Gasteiger partial charge in [0.2, 0.25) is 0 Å². The van der Waals surface area contributed by atoms with Gasteiger partial charge in [-0.25, -0.2) is 9.18 Å². The van der Waals surface area contributed by atoms with E-state index in [0.29, 0.717) is 38.0 Å². The number of halogens is 1. The third-order valence-corrected chi connectivity index (χ3v) is 5.80. The van der Waals surface area contributed by atoms with Crippen molar-refractivity contribution in [3.63, 3.8) is 0 Å². The number of ether oxygens (including phenoxy) is 3. The van der Waals surface area contributed by atoms with Crippen LogP contribution in [0.2, 0.25) is 0 Å². The molecule has 1 amide bonds. The fourth-order valence-corrected chi connectivity index (χ4v) is 4.51. The molecule has 2 aliphatic heterocycles. The Morgan fingerprint density at radius 1 is 1.17 bits per heavy atom. The number of nitrogens with zero attached hydrogens (tertiary/aromatic N) is 1. The molecule has 2 aromatic carbocycles. The Hall–Kier alpha value is -2.64. The molecule has 0 aliphatic carbocycles. The van der Waals surface area contributed by atoms with E-state index in [0.717, 1.165) is 5.56 Å². The first-order chi connectivity index (χ1) is 14.5. The van der Waals surface area contributed by atoms with Gasteiger partial charge in [-0.05, 0) is 36.1 Å². The maximum absolute atomic E-state index is 14.1. The smallest absolute Gasteiger partial charge is 0.410 e. The number of hydrogen-bond acceptors (Lipinski definition) is 5. The van der Waals surface area contributed by atoms with Crippen LogP contribution in [0.4, 0.5) is 9.18 Å². The summed E-state index contributed by atoms with van der Waals surface area (Å²) in [6.07, 6.45) is 0.595. The number of carbonyl (C=O) groups excluding carboxylic acids is 1. The molecule has 2 aromatic rings. The minimum atomic E-state index is -1.05. The van der Waals surface area contributed by atoms with E-state index in [4.69, 9.17) is 14.2 Å². The molecular weight excluding hydrogens is 389 g/mol. The average Bonchev–Trinajstić information content (AvgIpc) is 2.72. The summed E-state index contributed by atoms with van der Waals surface area (Å²) in [5.41, 5.74) is 0.563. The molecule has 0 spiro atoms. The Labute approximate surface area is 175 Å². The van der Waals surface area contributed by atoms with Crippen LogP contribution in [0, 0.1) is 5.82 Å². The van der Waals surface area contributed by atoms with Gasteiger partial charge in [0.1, 0.15) is 6.61 Å². The van der Waals surface area contributed by atoms with Crippen LogP contribution < -0.4 is 4.74 Å². The lowest BCUT2D eigenvalue weighted by atomic mass is 9.78. The molecule has 0 radical (unpaired) electrons. The van der Waals surface area contributed by atoms with Crippen LogP contribution in [0.25, 0.3) is 0 Å². The van der Waals surface area contributed by atoms with Crippen LogP contribution >= 0.6 is 0 Å². The van der Waals surface area contributed by atoms with Crippen molar-refractivity contribution in [2.24, 2.45) is 0 Å². The zero-order valence-corrected chi connectivity index (χ0v) is 16.9. The maximum atomic E-state index is 14.1. The zero-order chi connectivity index (χ0) is 21.1. The fourth-order valence-electron chi connectivity index (χ4n) is 4.51. The second-order valence-electron chi connectivity index (χ2n) is 8.07. The van der Waals surface area contributed by atoms with Crippen molar-refractivity contribution in [1.29, 1.82) is 0 Å². The minimum Gasteiger partial charge on any atom is -0.494 e. The molecule has 2 heterocycles. The molecule has 2 aliphatic rings. The van der Waals surface area contributed by atoms with E-state index in [1.807, 2.05) is 30.3 Å². The van der Waals surface area contributed by atoms with Gasteiger partial charge in [-0.3, -0.25) is 4.90 Å². The van der Waals surface area contributed by atoms with Gasteiger partial charge in [-0.1, -0.05) is 36.4 Å². The lowest BCUT2D eigenvalue weighted by Crippen LogP contribution is -2.64. The van der Waals surface area contributed by atoms with Gasteiger partial charge in [-0.2, -0.15) is 0 Å². The third kappa shape index (κ3) is 4.42. The SMILES string of the molecule is COc1ccc(CC2(O)CC3COCC(C2)N3C(=O)OCc2ccccc2)cc1F. The highest BCUT2D eigenvalue weighted by molar-refractivity contribution is 5.69.